The Morgan fingerprint density at radius 3 is 1.72 bits per heavy atom. The second kappa shape index (κ2) is 4.74. The van der Waals surface area contributed by atoms with E-state index < -0.39 is 34.8 Å². The molecule has 1 aromatic carbocycles. The van der Waals surface area contributed by atoms with Crippen molar-refractivity contribution in [1.82, 2.24) is 0 Å². The second-order valence-corrected chi connectivity index (χ2v) is 4.57. The van der Waals surface area contributed by atoms with Gasteiger partial charge in [-0.25, -0.2) is 22.0 Å². The number of rotatable bonds is 3. The molecule has 1 fully saturated rings. The number of benzene rings is 1. The van der Waals surface area contributed by atoms with Crippen LogP contribution in [-0.4, -0.2) is 6.04 Å². The van der Waals surface area contributed by atoms with Crippen LogP contribution < -0.4 is 5.32 Å². The van der Waals surface area contributed by atoms with Gasteiger partial charge in [0.25, 0.3) is 0 Å². The van der Waals surface area contributed by atoms with E-state index >= 15 is 0 Å². The molecule has 6 heteroatoms. The molecule has 0 heterocycles. The van der Waals surface area contributed by atoms with Crippen molar-refractivity contribution in [3.05, 3.63) is 29.1 Å². The lowest BCUT2D eigenvalue weighted by Gasteiger charge is -2.32. The molecule has 1 N–H and O–H groups in total. The largest absolute Gasteiger partial charge is 0.377 e. The maximum absolute atomic E-state index is 13.4. The zero-order valence-corrected chi connectivity index (χ0v) is 9.67. The van der Waals surface area contributed by atoms with E-state index in [1.54, 1.807) is 6.92 Å². The quantitative estimate of drug-likeness (QED) is 0.495. The highest BCUT2D eigenvalue weighted by Crippen LogP contribution is 2.33. The Morgan fingerprint density at radius 1 is 0.889 bits per heavy atom. The molecule has 1 aliphatic carbocycles. The van der Waals surface area contributed by atoms with Crippen LogP contribution in [0.25, 0.3) is 0 Å². The highest BCUT2D eigenvalue weighted by atomic mass is 19.2. The minimum Gasteiger partial charge on any atom is -0.377 e. The van der Waals surface area contributed by atoms with Crippen LogP contribution in [0.1, 0.15) is 26.2 Å². The molecule has 0 bridgehead atoms. The third-order valence-corrected chi connectivity index (χ3v) is 3.44. The van der Waals surface area contributed by atoms with Gasteiger partial charge in [0.15, 0.2) is 23.3 Å². The Kier molecular flexibility index (Phi) is 3.45. The van der Waals surface area contributed by atoms with Gasteiger partial charge in [0.2, 0.25) is 5.82 Å². The highest BCUT2D eigenvalue weighted by Gasteiger charge is 2.29. The fourth-order valence-corrected chi connectivity index (χ4v) is 2.02. The predicted octanol–water partition coefficient (Wildman–Crippen LogP) is 3.98. The van der Waals surface area contributed by atoms with Crippen LogP contribution in [0, 0.1) is 35.0 Å². The zero-order chi connectivity index (χ0) is 13.4. The topological polar surface area (TPSA) is 12.0 Å². The van der Waals surface area contributed by atoms with Crippen LogP contribution in [0.15, 0.2) is 0 Å². The van der Waals surface area contributed by atoms with Crippen molar-refractivity contribution in [2.75, 3.05) is 5.32 Å². The molecular formula is C12H12F5N. The van der Waals surface area contributed by atoms with Crippen molar-refractivity contribution in [3.8, 4) is 0 Å². The van der Waals surface area contributed by atoms with Crippen LogP contribution in [0.5, 0.6) is 0 Å². The average molecular weight is 265 g/mol. The van der Waals surface area contributed by atoms with E-state index in [2.05, 4.69) is 5.32 Å². The van der Waals surface area contributed by atoms with Gasteiger partial charge < -0.3 is 5.32 Å². The average Bonchev–Trinajstić information content (AvgIpc) is 2.27. The summed E-state index contributed by atoms with van der Waals surface area (Å²) in [5.41, 5.74) is -0.939. The van der Waals surface area contributed by atoms with Gasteiger partial charge in [-0.2, -0.15) is 0 Å². The third kappa shape index (κ3) is 2.04. The summed E-state index contributed by atoms with van der Waals surface area (Å²) < 4.78 is 65.4. The first-order valence-corrected chi connectivity index (χ1v) is 5.71. The molecule has 1 saturated carbocycles. The molecule has 1 aliphatic rings. The fraction of sp³-hybridized carbons (Fsp3) is 0.500. The summed E-state index contributed by atoms with van der Waals surface area (Å²) in [6, 6.07) is -0.327. The molecule has 0 aliphatic heterocycles. The standard InChI is InChI=1S/C12H12F5N/c1-5(6-3-2-4-6)18-12-10(16)8(14)7(13)9(15)11(12)17/h5-6,18H,2-4H2,1H3. The lowest BCUT2D eigenvalue weighted by atomic mass is 9.80. The van der Waals surface area contributed by atoms with E-state index in [9.17, 15) is 22.0 Å². The molecule has 0 spiro atoms. The van der Waals surface area contributed by atoms with Crippen molar-refractivity contribution in [3.63, 3.8) is 0 Å². The summed E-state index contributed by atoms with van der Waals surface area (Å²) in [5.74, 6) is -9.38. The molecule has 1 nitrogen and oxygen atoms in total. The van der Waals surface area contributed by atoms with Crippen LogP contribution in [0.2, 0.25) is 0 Å². The lowest BCUT2D eigenvalue weighted by Crippen LogP contribution is -2.31. The van der Waals surface area contributed by atoms with E-state index in [0.29, 0.717) is 0 Å². The summed E-state index contributed by atoms with van der Waals surface area (Å²) in [7, 11) is 0. The fourth-order valence-electron chi connectivity index (χ4n) is 2.02. The van der Waals surface area contributed by atoms with Crippen molar-refractivity contribution in [2.24, 2.45) is 5.92 Å². The molecule has 0 aromatic heterocycles. The molecule has 1 atom stereocenters. The molecular weight excluding hydrogens is 253 g/mol. The number of nitrogens with one attached hydrogen (secondary N) is 1. The maximum atomic E-state index is 13.4. The SMILES string of the molecule is CC(Nc1c(F)c(F)c(F)c(F)c1F)C1CCC1. The minimum atomic E-state index is -2.13. The second-order valence-electron chi connectivity index (χ2n) is 4.57. The molecule has 0 amide bonds. The molecule has 1 unspecified atom stereocenters. The summed E-state index contributed by atoms with van der Waals surface area (Å²) in [6.07, 6.45) is 2.81. The van der Waals surface area contributed by atoms with Crippen molar-refractivity contribution in [2.45, 2.75) is 32.2 Å². The van der Waals surface area contributed by atoms with Gasteiger partial charge in [0.05, 0.1) is 0 Å². The van der Waals surface area contributed by atoms with E-state index in [1.165, 1.54) is 0 Å². The Labute approximate surface area is 101 Å². The van der Waals surface area contributed by atoms with Crippen LogP contribution in [0.3, 0.4) is 0 Å². The summed E-state index contributed by atoms with van der Waals surface area (Å²) in [5, 5.41) is 2.39. The third-order valence-electron chi connectivity index (χ3n) is 3.44. The minimum absolute atomic E-state index is 0.208. The maximum Gasteiger partial charge on any atom is 0.200 e. The van der Waals surface area contributed by atoms with Crippen molar-refractivity contribution in [1.29, 1.82) is 0 Å². The Bertz CT molecular complexity index is 441. The van der Waals surface area contributed by atoms with E-state index in [1.807, 2.05) is 0 Å². The summed E-state index contributed by atoms with van der Waals surface area (Å²) in [6.45, 7) is 1.67. The molecule has 0 saturated heterocycles. The van der Waals surface area contributed by atoms with Crippen LogP contribution >= 0.6 is 0 Å². The Morgan fingerprint density at radius 2 is 1.33 bits per heavy atom. The Hall–Kier alpha value is -1.33. The molecule has 0 radical (unpaired) electrons. The zero-order valence-electron chi connectivity index (χ0n) is 9.67. The number of anilines is 1. The van der Waals surface area contributed by atoms with Gasteiger partial charge in [-0.15, -0.1) is 0 Å². The first-order valence-electron chi connectivity index (χ1n) is 5.71. The first-order chi connectivity index (χ1) is 8.43. The molecule has 18 heavy (non-hydrogen) atoms. The van der Waals surface area contributed by atoms with Gasteiger partial charge in [0, 0.05) is 6.04 Å². The van der Waals surface area contributed by atoms with Crippen LogP contribution in [-0.2, 0) is 0 Å². The number of hydrogen-bond donors (Lipinski definition) is 1. The molecule has 2 rings (SSSR count). The monoisotopic (exact) mass is 265 g/mol. The highest BCUT2D eigenvalue weighted by molar-refractivity contribution is 5.48. The predicted molar refractivity (Wildman–Crippen MR) is 56.7 cm³/mol. The number of hydrogen-bond acceptors (Lipinski definition) is 1. The first kappa shape index (κ1) is 13.1. The lowest BCUT2D eigenvalue weighted by molar-refractivity contribution is 0.283. The Balaban J connectivity index is 2.32. The normalized spacial score (nSPS) is 17.4. The van der Waals surface area contributed by atoms with E-state index in [4.69, 9.17) is 0 Å². The summed E-state index contributed by atoms with van der Waals surface area (Å²) >= 11 is 0. The van der Waals surface area contributed by atoms with Crippen molar-refractivity contribution >= 4 is 5.69 Å². The van der Waals surface area contributed by atoms with Gasteiger partial charge in [-0.3, -0.25) is 0 Å². The number of halogens is 5. The molecule has 1 aromatic rings. The van der Waals surface area contributed by atoms with Gasteiger partial charge in [-0.1, -0.05) is 6.42 Å². The van der Waals surface area contributed by atoms with Crippen LogP contribution in [0.4, 0.5) is 27.6 Å². The smallest absolute Gasteiger partial charge is 0.200 e. The van der Waals surface area contributed by atoms with E-state index in [0.717, 1.165) is 19.3 Å². The van der Waals surface area contributed by atoms with Crippen molar-refractivity contribution < 1.29 is 22.0 Å². The van der Waals surface area contributed by atoms with Gasteiger partial charge in [-0.05, 0) is 25.7 Å². The van der Waals surface area contributed by atoms with Gasteiger partial charge >= 0.3 is 0 Å². The summed E-state index contributed by atoms with van der Waals surface area (Å²) in [4.78, 5) is 0. The molecule has 100 valence electrons. The van der Waals surface area contributed by atoms with E-state index in [-0.39, 0.29) is 12.0 Å². The van der Waals surface area contributed by atoms with Gasteiger partial charge in [0.1, 0.15) is 5.69 Å².